The lowest BCUT2D eigenvalue weighted by atomic mass is 10.0. The molecule has 1 atom stereocenters. The van der Waals surface area contributed by atoms with E-state index in [2.05, 4.69) is 9.72 Å². The molecule has 38 heavy (non-hydrogen) atoms. The van der Waals surface area contributed by atoms with Gasteiger partial charge in [-0.1, -0.05) is 18.2 Å². The van der Waals surface area contributed by atoms with Gasteiger partial charge in [-0.05, 0) is 43.3 Å². The quantitative estimate of drug-likeness (QED) is 0.288. The van der Waals surface area contributed by atoms with Crippen molar-refractivity contribution in [2.24, 2.45) is 14.1 Å². The lowest BCUT2D eigenvalue weighted by molar-refractivity contribution is -0.0498. The first kappa shape index (κ1) is 26.2. The number of ketones is 1. The van der Waals surface area contributed by atoms with Crippen molar-refractivity contribution in [3.63, 3.8) is 0 Å². The number of rotatable bonds is 7. The number of alkyl halides is 2. The fourth-order valence-electron chi connectivity index (χ4n) is 3.87. The number of para-hydroxylation sites is 1. The summed E-state index contributed by atoms with van der Waals surface area (Å²) in [5, 5.41) is 0.441. The summed E-state index contributed by atoms with van der Waals surface area (Å²) in [6, 6.07) is 13.9. The fraction of sp³-hybridized carbons (Fsp3) is 0.192. The van der Waals surface area contributed by atoms with Crippen LogP contribution in [0.1, 0.15) is 27.6 Å². The van der Waals surface area contributed by atoms with Crippen molar-refractivity contribution in [2.75, 3.05) is 5.73 Å². The van der Waals surface area contributed by atoms with Crippen molar-refractivity contribution < 1.29 is 27.8 Å². The van der Waals surface area contributed by atoms with E-state index < -0.39 is 41.3 Å². The fourth-order valence-corrected chi connectivity index (χ4v) is 3.87. The van der Waals surface area contributed by atoms with Crippen LogP contribution in [0.3, 0.4) is 0 Å². The Labute approximate surface area is 213 Å². The van der Waals surface area contributed by atoms with E-state index in [-0.39, 0.29) is 17.1 Å². The summed E-state index contributed by atoms with van der Waals surface area (Å²) in [5.41, 5.74) is 5.15. The average molecular weight is 524 g/mol. The summed E-state index contributed by atoms with van der Waals surface area (Å²) < 4.78 is 36.4. The summed E-state index contributed by atoms with van der Waals surface area (Å²) in [6.45, 7) is -1.68. The zero-order valence-electron chi connectivity index (χ0n) is 20.5. The number of Topliss-reactive ketones (excluding diaryl/α,β-unsaturated/α-hetero) is 1. The number of halogens is 2. The predicted octanol–water partition coefficient (Wildman–Crippen LogP) is 2.91. The molecule has 0 saturated carbocycles. The van der Waals surface area contributed by atoms with Crippen molar-refractivity contribution in [2.45, 2.75) is 19.6 Å². The Balaban J connectivity index is 1.69. The topological polar surface area (TPSA) is 136 Å². The Morgan fingerprint density at radius 2 is 1.66 bits per heavy atom. The number of pyridine rings is 1. The summed E-state index contributed by atoms with van der Waals surface area (Å²) >= 11 is 0. The number of hydrogen-bond acceptors (Lipinski definition) is 8. The van der Waals surface area contributed by atoms with Crippen LogP contribution in [0.2, 0.25) is 0 Å². The summed E-state index contributed by atoms with van der Waals surface area (Å²) in [7, 11) is 2.51. The first-order valence-corrected chi connectivity index (χ1v) is 11.2. The van der Waals surface area contributed by atoms with Crippen molar-refractivity contribution >= 4 is 28.5 Å². The molecular formula is C26H22F2N4O6. The molecule has 0 saturated heterocycles. The molecule has 196 valence electrons. The van der Waals surface area contributed by atoms with Crippen LogP contribution in [0.15, 0.2) is 64.2 Å². The normalized spacial score (nSPS) is 11.9. The summed E-state index contributed by atoms with van der Waals surface area (Å²) in [6.07, 6.45) is -1.42. The van der Waals surface area contributed by atoms with Crippen LogP contribution < -0.4 is 21.7 Å². The third-order valence-electron chi connectivity index (χ3n) is 5.92. The zero-order chi connectivity index (χ0) is 27.7. The number of nitrogen functional groups attached to an aromatic ring is 1. The zero-order valence-corrected chi connectivity index (χ0v) is 20.5. The van der Waals surface area contributed by atoms with Gasteiger partial charge in [0.15, 0.2) is 6.10 Å². The van der Waals surface area contributed by atoms with Crippen molar-refractivity contribution in [3.05, 3.63) is 86.6 Å². The predicted molar refractivity (Wildman–Crippen MR) is 134 cm³/mol. The Morgan fingerprint density at radius 3 is 2.32 bits per heavy atom. The van der Waals surface area contributed by atoms with Crippen LogP contribution in [-0.4, -0.2) is 38.6 Å². The van der Waals surface area contributed by atoms with Gasteiger partial charge >= 0.3 is 18.3 Å². The van der Waals surface area contributed by atoms with Gasteiger partial charge in [0.2, 0.25) is 5.78 Å². The Morgan fingerprint density at radius 1 is 1.00 bits per heavy atom. The number of ether oxygens (including phenoxy) is 2. The second-order valence-corrected chi connectivity index (χ2v) is 8.35. The number of esters is 1. The van der Waals surface area contributed by atoms with E-state index in [0.29, 0.717) is 22.2 Å². The molecule has 2 aromatic heterocycles. The lowest BCUT2D eigenvalue weighted by Crippen LogP contribution is -2.43. The number of anilines is 1. The van der Waals surface area contributed by atoms with Crippen LogP contribution in [0.4, 0.5) is 14.6 Å². The van der Waals surface area contributed by atoms with Gasteiger partial charge in [-0.15, -0.1) is 0 Å². The number of hydrogen-bond donors (Lipinski definition) is 1. The maximum atomic E-state index is 13.2. The van der Waals surface area contributed by atoms with Crippen LogP contribution in [0.25, 0.3) is 22.2 Å². The highest BCUT2D eigenvalue weighted by molar-refractivity contribution is 6.07. The largest absolute Gasteiger partial charge is 0.451 e. The number of aromatic nitrogens is 3. The van der Waals surface area contributed by atoms with E-state index in [9.17, 15) is 28.0 Å². The Kier molecular flexibility index (Phi) is 7.06. The minimum absolute atomic E-state index is 0.0414. The molecule has 0 spiro atoms. The lowest BCUT2D eigenvalue weighted by Gasteiger charge is -2.16. The van der Waals surface area contributed by atoms with Gasteiger partial charge in [-0.3, -0.25) is 18.7 Å². The van der Waals surface area contributed by atoms with Crippen molar-refractivity contribution in [1.82, 2.24) is 14.1 Å². The van der Waals surface area contributed by atoms with Gasteiger partial charge < -0.3 is 15.2 Å². The van der Waals surface area contributed by atoms with Gasteiger partial charge in [0.05, 0.1) is 16.8 Å². The molecule has 10 nitrogen and oxygen atoms in total. The molecule has 0 amide bonds. The van der Waals surface area contributed by atoms with Crippen molar-refractivity contribution in [1.29, 1.82) is 0 Å². The molecule has 0 unspecified atom stereocenters. The molecule has 0 aliphatic heterocycles. The van der Waals surface area contributed by atoms with E-state index >= 15 is 0 Å². The molecule has 4 rings (SSSR count). The van der Waals surface area contributed by atoms with E-state index in [1.807, 2.05) is 0 Å². The van der Waals surface area contributed by atoms with Gasteiger partial charge in [0.1, 0.15) is 17.1 Å². The molecule has 0 aliphatic carbocycles. The highest BCUT2D eigenvalue weighted by Gasteiger charge is 2.28. The summed E-state index contributed by atoms with van der Waals surface area (Å²) in [4.78, 5) is 55.5. The third-order valence-corrected chi connectivity index (χ3v) is 5.92. The summed E-state index contributed by atoms with van der Waals surface area (Å²) in [5.74, 6) is -2.13. The van der Waals surface area contributed by atoms with Crippen molar-refractivity contribution in [3.8, 4) is 17.0 Å². The van der Waals surface area contributed by atoms with E-state index in [1.165, 1.54) is 51.4 Å². The average Bonchev–Trinajstić information content (AvgIpc) is 2.90. The van der Waals surface area contributed by atoms with Gasteiger partial charge in [-0.2, -0.15) is 8.78 Å². The smallest absolute Gasteiger partial charge is 0.387 e. The number of benzene rings is 2. The molecule has 4 aromatic rings. The molecule has 2 N–H and O–H groups in total. The van der Waals surface area contributed by atoms with Crippen LogP contribution in [0.5, 0.6) is 5.75 Å². The number of fused-ring (bicyclic) bond motifs is 1. The number of carbonyl (C=O) groups excluding carboxylic acids is 2. The molecule has 2 aromatic carbocycles. The van der Waals surface area contributed by atoms with Gasteiger partial charge in [0.25, 0.3) is 5.56 Å². The molecule has 0 bridgehead atoms. The van der Waals surface area contributed by atoms with E-state index in [1.54, 1.807) is 24.3 Å². The van der Waals surface area contributed by atoms with Crippen LogP contribution in [-0.2, 0) is 18.8 Å². The van der Waals surface area contributed by atoms with Crippen LogP contribution >= 0.6 is 0 Å². The monoisotopic (exact) mass is 524 g/mol. The van der Waals surface area contributed by atoms with Crippen LogP contribution in [0, 0.1) is 0 Å². The first-order chi connectivity index (χ1) is 18.0. The van der Waals surface area contributed by atoms with E-state index in [4.69, 9.17) is 10.5 Å². The maximum absolute atomic E-state index is 13.2. The minimum atomic E-state index is -2.97. The standard InChI is InChI=1S/C26H22F2N4O6/c1-13(21(33)20-22(29)31(2)26(36)32(3)23(20)34)37-24(35)17-12-19(30-18-7-5-4-6-16(17)18)14-8-10-15(11-9-14)38-25(27)28/h4-13,25H,29H2,1-3H3/t13-/m0/s1. The van der Waals surface area contributed by atoms with Gasteiger partial charge in [-0.25, -0.2) is 14.6 Å². The third kappa shape index (κ3) is 4.88. The highest BCUT2D eigenvalue weighted by atomic mass is 19.3. The molecule has 12 heteroatoms. The number of carbonyl (C=O) groups is 2. The highest BCUT2D eigenvalue weighted by Crippen LogP contribution is 2.27. The molecule has 0 radical (unpaired) electrons. The molecule has 0 aliphatic rings. The number of nitrogens with zero attached hydrogens (tertiary/aromatic N) is 3. The maximum Gasteiger partial charge on any atom is 0.387 e. The Bertz CT molecular complexity index is 1680. The second-order valence-electron chi connectivity index (χ2n) is 8.35. The van der Waals surface area contributed by atoms with Gasteiger partial charge in [0, 0.05) is 25.0 Å². The molecule has 0 fully saturated rings. The second kappa shape index (κ2) is 10.2. The van der Waals surface area contributed by atoms with E-state index in [0.717, 1.165) is 9.13 Å². The SMILES string of the molecule is C[C@H](OC(=O)c1cc(-c2ccc(OC(F)F)cc2)nc2ccccc12)C(=O)c1c(N)n(C)c(=O)n(C)c1=O. The first-order valence-electron chi connectivity index (χ1n) is 11.2. The molecular weight excluding hydrogens is 502 g/mol. The molecule has 2 heterocycles. The minimum Gasteiger partial charge on any atom is -0.451 e. The number of nitrogens with two attached hydrogens (primary N) is 1. The Hall–Kier alpha value is -4.87.